The Morgan fingerprint density at radius 1 is 1.19 bits per heavy atom. The number of nitrogens with one attached hydrogen (secondary N) is 1. The number of fused-ring (bicyclic) bond motifs is 1. The summed E-state index contributed by atoms with van der Waals surface area (Å²) in [6.07, 6.45) is 0.380. The summed E-state index contributed by atoms with van der Waals surface area (Å²) < 4.78 is 0. The number of amides is 1. The molecule has 0 saturated carbocycles. The van der Waals surface area contributed by atoms with Gasteiger partial charge >= 0.3 is 0 Å². The molecule has 27 heavy (non-hydrogen) atoms. The molecule has 2 heterocycles. The van der Waals surface area contributed by atoms with Gasteiger partial charge in [0.25, 0.3) is 5.91 Å². The van der Waals surface area contributed by atoms with E-state index in [0.717, 1.165) is 12.1 Å². The third-order valence-electron chi connectivity index (χ3n) is 4.94. The van der Waals surface area contributed by atoms with E-state index in [1.165, 1.54) is 5.56 Å². The molecule has 2 aromatic rings. The SMILES string of the molecule is Cc1ccc(C2CC(O)=C(C(=O)Nc3ccc(Cl)cc3)C3=NCCN32)cc1. The van der Waals surface area contributed by atoms with E-state index in [0.29, 0.717) is 29.5 Å². The van der Waals surface area contributed by atoms with Crippen LogP contribution in [0.25, 0.3) is 0 Å². The highest BCUT2D eigenvalue weighted by Gasteiger charge is 2.38. The fraction of sp³-hybridized carbons (Fsp3) is 0.238. The van der Waals surface area contributed by atoms with Crippen molar-refractivity contribution in [3.05, 3.63) is 76.0 Å². The first-order valence-corrected chi connectivity index (χ1v) is 9.28. The van der Waals surface area contributed by atoms with E-state index in [4.69, 9.17) is 11.6 Å². The number of halogens is 1. The van der Waals surface area contributed by atoms with Crippen LogP contribution < -0.4 is 5.32 Å². The Hall–Kier alpha value is -2.79. The van der Waals surface area contributed by atoms with Gasteiger partial charge in [0.15, 0.2) is 0 Å². The molecule has 2 aromatic carbocycles. The van der Waals surface area contributed by atoms with Crippen molar-refractivity contribution in [3.63, 3.8) is 0 Å². The average Bonchev–Trinajstić information content (AvgIpc) is 3.13. The molecule has 5 nitrogen and oxygen atoms in total. The fourth-order valence-corrected chi connectivity index (χ4v) is 3.68. The number of carbonyl (C=O) groups is 1. The van der Waals surface area contributed by atoms with Crippen molar-refractivity contribution < 1.29 is 9.90 Å². The molecule has 0 spiro atoms. The first kappa shape index (κ1) is 17.6. The van der Waals surface area contributed by atoms with Crippen LogP contribution in [0.4, 0.5) is 5.69 Å². The molecule has 4 rings (SSSR count). The molecule has 138 valence electrons. The van der Waals surface area contributed by atoms with E-state index in [1.54, 1.807) is 24.3 Å². The van der Waals surface area contributed by atoms with Crippen LogP contribution in [0.2, 0.25) is 5.02 Å². The molecule has 1 atom stereocenters. The standard InChI is InChI=1S/C21H20ClN3O2/c1-13-2-4-14(5-3-13)17-12-18(26)19(20-23-10-11-25(17)20)21(27)24-16-8-6-15(22)7-9-16/h2-9,17,26H,10-12H2,1H3,(H,24,27). The monoisotopic (exact) mass is 381 g/mol. The number of hydrogen-bond acceptors (Lipinski definition) is 4. The van der Waals surface area contributed by atoms with Crippen LogP contribution >= 0.6 is 11.6 Å². The normalized spacial score (nSPS) is 19.0. The molecule has 2 aliphatic rings. The number of aliphatic imine (C=N–C) groups is 1. The maximum absolute atomic E-state index is 12.8. The zero-order chi connectivity index (χ0) is 19.0. The highest BCUT2D eigenvalue weighted by Crippen LogP contribution is 2.36. The van der Waals surface area contributed by atoms with E-state index < -0.39 is 0 Å². The smallest absolute Gasteiger partial charge is 0.262 e. The van der Waals surface area contributed by atoms with E-state index in [2.05, 4.69) is 39.5 Å². The van der Waals surface area contributed by atoms with Gasteiger partial charge in [-0.05, 0) is 36.8 Å². The third-order valence-corrected chi connectivity index (χ3v) is 5.19. The van der Waals surface area contributed by atoms with Crippen LogP contribution in [-0.2, 0) is 4.79 Å². The first-order valence-electron chi connectivity index (χ1n) is 8.90. The lowest BCUT2D eigenvalue weighted by Crippen LogP contribution is -2.41. The number of rotatable bonds is 3. The molecule has 2 N–H and O–H groups in total. The highest BCUT2D eigenvalue weighted by molar-refractivity contribution is 6.30. The van der Waals surface area contributed by atoms with Crippen LogP contribution in [0.3, 0.4) is 0 Å². The third kappa shape index (κ3) is 3.43. The number of carbonyl (C=O) groups excluding carboxylic acids is 1. The molecule has 0 aliphatic carbocycles. The lowest BCUT2D eigenvalue weighted by Gasteiger charge is -2.35. The average molecular weight is 382 g/mol. The Balaban J connectivity index is 1.63. The second-order valence-corrected chi connectivity index (χ2v) is 7.25. The lowest BCUT2D eigenvalue weighted by atomic mass is 9.93. The zero-order valence-electron chi connectivity index (χ0n) is 14.9. The van der Waals surface area contributed by atoms with Crippen LogP contribution in [0.5, 0.6) is 0 Å². The number of hydrogen-bond donors (Lipinski definition) is 2. The second-order valence-electron chi connectivity index (χ2n) is 6.81. The number of aliphatic hydroxyl groups is 1. The van der Waals surface area contributed by atoms with E-state index in [-0.39, 0.29) is 23.3 Å². The minimum Gasteiger partial charge on any atom is -0.511 e. The summed E-state index contributed by atoms with van der Waals surface area (Å²) in [5, 5.41) is 14.1. The molecule has 0 radical (unpaired) electrons. The van der Waals surface area contributed by atoms with Crippen LogP contribution in [0.1, 0.15) is 23.6 Å². The summed E-state index contributed by atoms with van der Waals surface area (Å²) in [5.74, 6) is 0.280. The molecule has 0 fully saturated rings. The molecule has 0 saturated heterocycles. The molecule has 1 unspecified atom stereocenters. The van der Waals surface area contributed by atoms with E-state index in [9.17, 15) is 9.90 Å². The molecule has 0 aromatic heterocycles. The Bertz CT molecular complexity index is 933. The predicted molar refractivity (Wildman–Crippen MR) is 107 cm³/mol. The van der Waals surface area contributed by atoms with Gasteiger partial charge in [0.05, 0.1) is 12.6 Å². The van der Waals surface area contributed by atoms with Crippen molar-refractivity contribution in [2.45, 2.75) is 19.4 Å². The van der Waals surface area contributed by atoms with Gasteiger partial charge in [-0.3, -0.25) is 9.79 Å². The Morgan fingerprint density at radius 3 is 2.59 bits per heavy atom. The van der Waals surface area contributed by atoms with Crippen molar-refractivity contribution >= 4 is 29.0 Å². The fourth-order valence-electron chi connectivity index (χ4n) is 3.56. The number of aryl methyl sites for hydroxylation is 1. The Kier molecular flexibility index (Phi) is 4.62. The van der Waals surface area contributed by atoms with Gasteiger partial charge in [-0.25, -0.2) is 0 Å². The van der Waals surface area contributed by atoms with Crippen LogP contribution in [0, 0.1) is 6.92 Å². The first-order chi connectivity index (χ1) is 13.0. The van der Waals surface area contributed by atoms with Gasteiger partial charge in [-0.2, -0.15) is 0 Å². The molecular formula is C21H20ClN3O2. The van der Waals surface area contributed by atoms with Gasteiger partial charge in [0.1, 0.15) is 17.2 Å². The summed E-state index contributed by atoms with van der Waals surface area (Å²) in [6.45, 7) is 3.39. The molecule has 0 bridgehead atoms. The summed E-state index contributed by atoms with van der Waals surface area (Å²) in [5.41, 5.74) is 3.17. The quantitative estimate of drug-likeness (QED) is 0.834. The minimum absolute atomic E-state index is 0.0149. The van der Waals surface area contributed by atoms with E-state index >= 15 is 0 Å². The lowest BCUT2D eigenvalue weighted by molar-refractivity contribution is -0.112. The summed E-state index contributed by atoms with van der Waals surface area (Å²) in [4.78, 5) is 19.4. The Morgan fingerprint density at radius 2 is 1.89 bits per heavy atom. The minimum atomic E-state index is -0.358. The number of benzene rings is 2. The van der Waals surface area contributed by atoms with Crippen molar-refractivity contribution in [1.29, 1.82) is 0 Å². The largest absolute Gasteiger partial charge is 0.511 e. The molecule has 1 amide bonds. The number of aliphatic hydroxyl groups excluding tert-OH is 1. The van der Waals surface area contributed by atoms with Crippen molar-refractivity contribution in [1.82, 2.24) is 4.90 Å². The van der Waals surface area contributed by atoms with Crippen molar-refractivity contribution in [2.24, 2.45) is 4.99 Å². The van der Waals surface area contributed by atoms with Gasteiger partial charge < -0.3 is 15.3 Å². The predicted octanol–water partition coefficient (Wildman–Crippen LogP) is 4.26. The van der Waals surface area contributed by atoms with Gasteiger partial charge in [-0.1, -0.05) is 41.4 Å². The van der Waals surface area contributed by atoms with E-state index in [1.807, 2.05) is 6.92 Å². The van der Waals surface area contributed by atoms with Gasteiger partial charge in [0.2, 0.25) is 0 Å². The van der Waals surface area contributed by atoms with Crippen LogP contribution in [-0.4, -0.2) is 34.8 Å². The molecular weight excluding hydrogens is 362 g/mol. The zero-order valence-corrected chi connectivity index (χ0v) is 15.7. The number of anilines is 1. The van der Waals surface area contributed by atoms with Gasteiger partial charge in [0, 0.05) is 23.7 Å². The summed E-state index contributed by atoms with van der Waals surface area (Å²) in [7, 11) is 0. The topological polar surface area (TPSA) is 64.9 Å². The summed E-state index contributed by atoms with van der Waals surface area (Å²) >= 11 is 5.89. The van der Waals surface area contributed by atoms with Crippen molar-refractivity contribution in [2.75, 3.05) is 18.4 Å². The highest BCUT2D eigenvalue weighted by atomic mass is 35.5. The van der Waals surface area contributed by atoms with Crippen LogP contribution in [0.15, 0.2) is 64.9 Å². The summed E-state index contributed by atoms with van der Waals surface area (Å²) in [6, 6.07) is 15.1. The molecule has 6 heteroatoms. The maximum Gasteiger partial charge on any atom is 0.262 e. The second kappa shape index (κ2) is 7.08. The number of nitrogens with zero attached hydrogens (tertiary/aromatic N) is 2. The van der Waals surface area contributed by atoms with Crippen molar-refractivity contribution in [3.8, 4) is 0 Å². The van der Waals surface area contributed by atoms with Gasteiger partial charge in [-0.15, -0.1) is 0 Å². The molecule has 2 aliphatic heterocycles. The maximum atomic E-state index is 12.8. The number of amidine groups is 1. The Labute approximate surface area is 163 Å².